The fourth-order valence-corrected chi connectivity index (χ4v) is 0.781. The van der Waals surface area contributed by atoms with E-state index in [1.54, 1.807) is 0 Å². The Bertz CT molecular complexity index is 183. The van der Waals surface area contributed by atoms with Gasteiger partial charge in [-0.3, -0.25) is 0 Å². The van der Waals surface area contributed by atoms with Crippen LogP contribution in [0.15, 0.2) is 0 Å². The zero-order valence-corrected chi connectivity index (χ0v) is 5.61. The fourth-order valence-electron chi connectivity index (χ4n) is 0.781. The third-order valence-corrected chi connectivity index (χ3v) is 1.47. The summed E-state index contributed by atoms with van der Waals surface area (Å²) in [7, 11) is 0. The van der Waals surface area contributed by atoms with E-state index in [1.807, 2.05) is 0 Å². The molecule has 1 aliphatic rings. The molecule has 0 aromatic heterocycles. The van der Waals surface area contributed by atoms with Crippen LogP contribution >= 0.6 is 0 Å². The molecule has 1 saturated heterocycles. The molecule has 0 bridgehead atoms. The molecule has 12 heavy (non-hydrogen) atoms. The first kappa shape index (κ1) is 9.66. The molecular formula is C5H5F5O2. The molecule has 2 atom stereocenters. The molecule has 0 saturated carbocycles. The predicted octanol–water partition coefficient (Wildman–Crippen LogP) is 0.944. The molecule has 2 unspecified atom stereocenters. The van der Waals surface area contributed by atoms with Crippen LogP contribution in [0, 0.1) is 0 Å². The third kappa shape index (κ3) is 1.27. The van der Waals surface area contributed by atoms with Crippen LogP contribution in [0.25, 0.3) is 0 Å². The number of ether oxygens (including phenoxy) is 1. The lowest BCUT2D eigenvalue weighted by molar-refractivity contribution is -0.342. The van der Waals surface area contributed by atoms with Crippen LogP contribution in [0.5, 0.6) is 0 Å². The van der Waals surface area contributed by atoms with Crippen molar-refractivity contribution < 1.29 is 31.8 Å². The Morgan fingerprint density at radius 1 is 1.25 bits per heavy atom. The normalized spacial score (nSPS) is 39.5. The first-order valence-electron chi connectivity index (χ1n) is 2.98. The maximum atomic E-state index is 12.3. The molecule has 0 aromatic rings. The Balaban J connectivity index is 2.86. The van der Waals surface area contributed by atoms with Gasteiger partial charge in [0.05, 0.1) is 0 Å². The van der Waals surface area contributed by atoms with Crippen LogP contribution in [0.2, 0.25) is 0 Å². The van der Waals surface area contributed by atoms with Gasteiger partial charge in [-0.25, -0.2) is 13.2 Å². The molecule has 1 aliphatic heterocycles. The van der Waals surface area contributed by atoms with E-state index in [1.165, 1.54) is 0 Å². The highest BCUT2D eigenvalue weighted by molar-refractivity contribution is 4.94. The second kappa shape index (κ2) is 2.53. The molecule has 1 heterocycles. The quantitative estimate of drug-likeness (QED) is 0.579. The highest BCUT2D eigenvalue weighted by atomic mass is 19.3. The number of hydrogen-bond donors (Lipinski definition) is 1. The molecule has 2 nitrogen and oxygen atoms in total. The van der Waals surface area contributed by atoms with Crippen molar-refractivity contribution in [3.05, 3.63) is 0 Å². The molecule has 1 N–H and O–H groups in total. The maximum Gasteiger partial charge on any atom is 0.334 e. The SMILES string of the molecule is OC1OCC(F)(F)C(F)C1(F)F. The average molecular weight is 192 g/mol. The summed E-state index contributed by atoms with van der Waals surface area (Å²) < 4.78 is 64.7. The van der Waals surface area contributed by atoms with Crippen LogP contribution in [0.3, 0.4) is 0 Å². The minimum Gasteiger partial charge on any atom is -0.363 e. The summed E-state index contributed by atoms with van der Waals surface area (Å²) in [5.41, 5.74) is 0. The molecule has 0 radical (unpaired) electrons. The van der Waals surface area contributed by atoms with Crippen molar-refractivity contribution in [2.45, 2.75) is 24.3 Å². The van der Waals surface area contributed by atoms with E-state index >= 15 is 0 Å². The van der Waals surface area contributed by atoms with Crippen LogP contribution in [0.1, 0.15) is 0 Å². The Morgan fingerprint density at radius 2 is 1.75 bits per heavy atom. The van der Waals surface area contributed by atoms with Crippen molar-refractivity contribution in [2.24, 2.45) is 0 Å². The van der Waals surface area contributed by atoms with E-state index < -0.39 is 30.9 Å². The van der Waals surface area contributed by atoms with Gasteiger partial charge in [-0.05, 0) is 0 Å². The predicted molar refractivity (Wildman–Crippen MR) is 26.7 cm³/mol. The molecule has 1 fully saturated rings. The highest BCUT2D eigenvalue weighted by Crippen LogP contribution is 2.40. The lowest BCUT2D eigenvalue weighted by Crippen LogP contribution is -2.59. The maximum absolute atomic E-state index is 12.3. The van der Waals surface area contributed by atoms with Gasteiger partial charge in [0.1, 0.15) is 6.61 Å². The Kier molecular flexibility index (Phi) is 2.03. The highest BCUT2D eigenvalue weighted by Gasteiger charge is 2.64. The van der Waals surface area contributed by atoms with Crippen LogP contribution < -0.4 is 0 Å². The smallest absolute Gasteiger partial charge is 0.334 e. The Labute approximate surface area is 63.9 Å². The lowest BCUT2D eigenvalue weighted by Gasteiger charge is -2.35. The van der Waals surface area contributed by atoms with Crippen molar-refractivity contribution in [1.82, 2.24) is 0 Å². The largest absolute Gasteiger partial charge is 0.363 e. The Hall–Kier alpha value is -0.430. The minimum atomic E-state index is -4.55. The van der Waals surface area contributed by atoms with Gasteiger partial charge in [0.15, 0.2) is 0 Å². The summed E-state index contributed by atoms with van der Waals surface area (Å²) in [6.07, 6.45) is -6.50. The van der Waals surface area contributed by atoms with E-state index in [0.29, 0.717) is 0 Å². The molecule has 7 heteroatoms. The van der Waals surface area contributed by atoms with Crippen LogP contribution in [-0.4, -0.2) is 36.0 Å². The van der Waals surface area contributed by atoms with E-state index in [-0.39, 0.29) is 0 Å². The van der Waals surface area contributed by atoms with Gasteiger partial charge in [0.2, 0.25) is 12.5 Å². The minimum absolute atomic E-state index is 1.54. The number of aliphatic hydroxyl groups excluding tert-OH is 1. The molecule has 1 rings (SSSR count). The monoisotopic (exact) mass is 192 g/mol. The second-order valence-electron chi connectivity index (χ2n) is 2.46. The standard InChI is InChI=1S/C5H5F5O2/c6-2-4(7,8)1-12-3(11)5(2,9)10/h2-3,11H,1H2. The number of hydrogen-bond acceptors (Lipinski definition) is 2. The number of aliphatic hydroxyl groups is 1. The van der Waals surface area contributed by atoms with Crippen molar-refractivity contribution in [2.75, 3.05) is 6.61 Å². The summed E-state index contributed by atoms with van der Waals surface area (Å²) in [6, 6.07) is 0. The van der Waals surface area contributed by atoms with E-state index in [0.717, 1.165) is 0 Å². The van der Waals surface area contributed by atoms with E-state index in [2.05, 4.69) is 4.74 Å². The molecule has 0 aliphatic carbocycles. The van der Waals surface area contributed by atoms with Gasteiger partial charge in [0.25, 0.3) is 0 Å². The fraction of sp³-hybridized carbons (Fsp3) is 1.00. The first-order chi connectivity index (χ1) is 5.28. The summed E-state index contributed by atoms with van der Waals surface area (Å²) in [5.74, 6) is -8.80. The van der Waals surface area contributed by atoms with Gasteiger partial charge in [0, 0.05) is 0 Å². The van der Waals surface area contributed by atoms with Crippen molar-refractivity contribution >= 4 is 0 Å². The van der Waals surface area contributed by atoms with E-state index in [9.17, 15) is 22.0 Å². The number of rotatable bonds is 0. The topological polar surface area (TPSA) is 29.5 Å². The van der Waals surface area contributed by atoms with Gasteiger partial charge >= 0.3 is 11.8 Å². The zero-order chi connectivity index (χ0) is 9.57. The average Bonchev–Trinajstić information content (AvgIpc) is 1.96. The molecular weight excluding hydrogens is 187 g/mol. The van der Waals surface area contributed by atoms with Gasteiger partial charge in [-0.1, -0.05) is 0 Å². The van der Waals surface area contributed by atoms with Gasteiger partial charge < -0.3 is 9.84 Å². The summed E-state index contributed by atoms with van der Waals surface area (Å²) in [4.78, 5) is 0. The summed E-state index contributed by atoms with van der Waals surface area (Å²) >= 11 is 0. The summed E-state index contributed by atoms with van der Waals surface area (Å²) in [5, 5.41) is 8.29. The molecule has 0 amide bonds. The Morgan fingerprint density at radius 3 is 2.17 bits per heavy atom. The van der Waals surface area contributed by atoms with Crippen LogP contribution in [0.4, 0.5) is 22.0 Å². The molecule has 0 spiro atoms. The molecule has 0 aromatic carbocycles. The van der Waals surface area contributed by atoms with Crippen molar-refractivity contribution in [3.63, 3.8) is 0 Å². The van der Waals surface area contributed by atoms with Crippen molar-refractivity contribution in [1.29, 1.82) is 0 Å². The number of halogens is 5. The number of alkyl halides is 5. The second-order valence-corrected chi connectivity index (χ2v) is 2.46. The van der Waals surface area contributed by atoms with Gasteiger partial charge in [-0.15, -0.1) is 0 Å². The molecule has 72 valence electrons. The van der Waals surface area contributed by atoms with E-state index in [4.69, 9.17) is 5.11 Å². The zero-order valence-electron chi connectivity index (χ0n) is 5.61. The first-order valence-corrected chi connectivity index (χ1v) is 2.98. The summed E-state index contributed by atoms with van der Waals surface area (Å²) in [6.45, 7) is -1.54. The van der Waals surface area contributed by atoms with Gasteiger partial charge in [-0.2, -0.15) is 8.78 Å². The van der Waals surface area contributed by atoms with Crippen LogP contribution in [-0.2, 0) is 4.74 Å². The third-order valence-electron chi connectivity index (χ3n) is 1.47. The van der Waals surface area contributed by atoms with Crippen molar-refractivity contribution in [3.8, 4) is 0 Å². The lowest BCUT2D eigenvalue weighted by atomic mass is 10.1.